The number of H-pyrrole nitrogens is 1. The molecule has 2 aliphatic heterocycles. The number of hydrogen-bond acceptors (Lipinski definition) is 4. The Kier molecular flexibility index (Phi) is 3.15. The van der Waals surface area contributed by atoms with E-state index in [1.807, 2.05) is 29.2 Å². The summed E-state index contributed by atoms with van der Waals surface area (Å²) in [4.78, 5) is 7.33. The molecule has 2 aromatic carbocycles. The van der Waals surface area contributed by atoms with Crippen molar-refractivity contribution in [3.63, 3.8) is 0 Å². The number of nitrogens with zero attached hydrogens (tertiary/aromatic N) is 2. The lowest BCUT2D eigenvalue weighted by molar-refractivity contribution is 0.174. The van der Waals surface area contributed by atoms with E-state index in [1.54, 1.807) is 12.3 Å². The highest BCUT2D eigenvalue weighted by molar-refractivity contribution is 5.86. The fraction of sp³-hybridized carbons (Fsp3) is 0.263. The maximum absolute atomic E-state index is 15.2. The number of likely N-dealkylation sites (N-methyl/N-ethyl adjacent to an activating group) is 1. The molecule has 5 rings (SSSR count). The number of hydrogen-bond donors (Lipinski definition) is 1. The van der Waals surface area contributed by atoms with E-state index in [0.717, 1.165) is 41.4 Å². The Morgan fingerprint density at radius 2 is 1.88 bits per heavy atom. The van der Waals surface area contributed by atoms with E-state index in [-0.39, 0.29) is 12.6 Å². The van der Waals surface area contributed by atoms with Gasteiger partial charge in [-0.05, 0) is 36.9 Å². The standard InChI is InChI=1S/C19H18FN3O2/c1-22-6-7-23(15-3-2-14-13(19(15)20)4-5-21-14)16-9-18-17(24-11-25-18)8-12(16)10-22/h2-5,8-9,21H,6-7,10-11H2,1H3. The predicted octanol–water partition coefficient (Wildman–Crippen LogP) is 3.62. The zero-order valence-corrected chi connectivity index (χ0v) is 13.9. The number of anilines is 2. The second kappa shape index (κ2) is 5.39. The van der Waals surface area contributed by atoms with Crippen molar-refractivity contribution in [2.24, 2.45) is 0 Å². The molecule has 25 heavy (non-hydrogen) atoms. The van der Waals surface area contributed by atoms with Crippen molar-refractivity contribution in [3.8, 4) is 11.5 Å². The maximum Gasteiger partial charge on any atom is 0.231 e. The Morgan fingerprint density at radius 1 is 1.04 bits per heavy atom. The van der Waals surface area contributed by atoms with Crippen LogP contribution in [-0.2, 0) is 6.54 Å². The van der Waals surface area contributed by atoms with Crippen LogP contribution in [0.25, 0.3) is 10.9 Å². The quantitative estimate of drug-likeness (QED) is 0.735. The first-order chi connectivity index (χ1) is 12.2. The Balaban J connectivity index is 1.69. The number of rotatable bonds is 1. The van der Waals surface area contributed by atoms with Crippen LogP contribution in [-0.4, -0.2) is 36.8 Å². The van der Waals surface area contributed by atoms with Gasteiger partial charge in [0, 0.05) is 48.5 Å². The summed E-state index contributed by atoms with van der Waals surface area (Å²) in [5.74, 6) is 1.28. The van der Waals surface area contributed by atoms with Crippen LogP contribution in [0.1, 0.15) is 5.56 Å². The van der Waals surface area contributed by atoms with Gasteiger partial charge in [-0.15, -0.1) is 0 Å². The molecule has 2 aliphatic rings. The van der Waals surface area contributed by atoms with Crippen molar-refractivity contribution in [3.05, 3.63) is 47.9 Å². The minimum absolute atomic E-state index is 0.202. The fourth-order valence-corrected chi connectivity index (χ4v) is 3.66. The average molecular weight is 339 g/mol. The van der Waals surface area contributed by atoms with Crippen molar-refractivity contribution in [1.29, 1.82) is 0 Å². The van der Waals surface area contributed by atoms with Gasteiger partial charge in [0.25, 0.3) is 0 Å². The van der Waals surface area contributed by atoms with E-state index in [0.29, 0.717) is 17.6 Å². The number of aromatic nitrogens is 1. The summed E-state index contributed by atoms with van der Waals surface area (Å²) < 4.78 is 26.2. The van der Waals surface area contributed by atoms with Crippen LogP contribution < -0.4 is 14.4 Å². The molecule has 0 unspecified atom stereocenters. The van der Waals surface area contributed by atoms with Crippen LogP contribution in [0.2, 0.25) is 0 Å². The second-order valence-corrected chi connectivity index (χ2v) is 6.56. The number of aromatic amines is 1. The van der Waals surface area contributed by atoms with Crippen molar-refractivity contribution >= 4 is 22.3 Å². The van der Waals surface area contributed by atoms with Crippen molar-refractivity contribution < 1.29 is 13.9 Å². The van der Waals surface area contributed by atoms with Gasteiger partial charge < -0.3 is 24.3 Å². The van der Waals surface area contributed by atoms with Crippen LogP contribution in [0.4, 0.5) is 15.8 Å². The third-order valence-corrected chi connectivity index (χ3v) is 4.95. The van der Waals surface area contributed by atoms with Gasteiger partial charge >= 0.3 is 0 Å². The molecule has 3 aromatic rings. The first-order valence-corrected chi connectivity index (χ1v) is 8.35. The molecule has 128 valence electrons. The fourth-order valence-electron chi connectivity index (χ4n) is 3.66. The lowest BCUT2D eigenvalue weighted by Gasteiger charge is -2.26. The van der Waals surface area contributed by atoms with Gasteiger partial charge in [-0.25, -0.2) is 4.39 Å². The van der Waals surface area contributed by atoms with Gasteiger partial charge in [0.15, 0.2) is 17.3 Å². The van der Waals surface area contributed by atoms with Crippen molar-refractivity contribution in [1.82, 2.24) is 9.88 Å². The Bertz CT molecular complexity index is 969. The molecule has 0 saturated carbocycles. The van der Waals surface area contributed by atoms with Crippen LogP contribution in [0.15, 0.2) is 36.5 Å². The Morgan fingerprint density at radius 3 is 2.76 bits per heavy atom. The highest BCUT2D eigenvalue weighted by Crippen LogP contribution is 2.42. The van der Waals surface area contributed by atoms with Gasteiger partial charge in [0.05, 0.1) is 5.69 Å². The smallest absolute Gasteiger partial charge is 0.231 e. The molecule has 1 N–H and O–H groups in total. The summed E-state index contributed by atoms with van der Waals surface area (Å²) in [6.45, 7) is 2.57. The monoisotopic (exact) mass is 339 g/mol. The third-order valence-electron chi connectivity index (χ3n) is 4.95. The van der Waals surface area contributed by atoms with Crippen LogP contribution in [0.3, 0.4) is 0 Å². The second-order valence-electron chi connectivity index (χ2n) is 6.56. The minimum Gasteiger partial charge on any atom is -0.454 e. The van der Waals surface area contributed by atoms with Crippen LogP contribution >= 0.6 is 0 Å². The predicted molar refractivity (Wildman–Crippen MR) is 94.2 cm³/mol. The van der Waals surface area contributed by atoms with Gasteiger partial charge in [-0.2, -0.15) is 0 Å². The molecule has 5 nitrogen and oxygen atoms in total. The molecule has 3 heterocycles. The topological polar surface area (TPSA) is 40.7 Å². The SMILES string of the molecule is CN1CCN(c2ccc3[nH]ccc3c2F)c2cc3c(cc2C1)OCO3. The summed E-state index contributed by atoms with van der Waals surface area (Å²) >= 11 is 0. The maximum atomic E-state index is 15.2. The number of benzene rings is 2. The molecule has 0 fully saturated rings. The Hall–Kier alpha value is -2.73. The Labute approximate surface area is 144 Å². The number of fused-ring (bicyclic) bond motifs is 3. The summed E-state index contributed by atoms with van der Waals surface area (Å²) in [5, 5.41) is 0.609. The molecule has 0 atom stereocenters. The van der Waals surface area contributed by atoms with Gasteiger partial charge in [-0.1, -0.05) is 0 Å². The van der Waals surface area contributed by atoms with Crippen LogP contribution in [0, 0.1) is 5.82 Å². The molecule has 1 aromatic heterocycles. The largest absolute Gasteiger partial charge is 0.454 e. The molecular formula is C19H18FN3O2. The average Bonchev–Trinajstić information content (AvgIpc) is 3.22. The van der Waals surface area contributed by atoms with E-state index < -0.39 is 0 Å². The summed E-state index contributed by atoms with van der Waals surface area (Å²) in [6, 6.07) is 9.53. The lowest BCUT2D eigenvalue weighted by atomic mass is 10.1. The minimum atomic E-state index is -0.202. The summed E-state index contributed by atoms with van der Waals surface area (Å²) in [6.07, 6.45) is 1.76. The number of ether oxygens (including phenoxy) is 2. The molecule has 0 spiro atoms. The molecule has 6 heteroatoms. The highest BCUT2D eigenvalue weighted by Gasteiger charge is 2.26. The normalized spacial score (nSPS) is 17.0. The lowest BCUT2D eigenvalue weighted by Crippen LogP contribution is -2.26. The van der Waals surface area contributed by atoms with E-state index >= 15 is 4.39 Å². The van der Waals surface area contributed by atoms with E-state index in [1.165, 1.54) is 0 Å². The zero-order valence-electron chi connectivity index (χ0n) is 13.9. The van der Waals surface area contributed by atoms with Crippen LogP contribution in [0.5, 0.6) is 11.5 Å². The molecule has 0 aliphatic carbocycles. The number of nitrogens with one attached hydrogen (secondary N) is 1. The van der Waals surface area contributed by atoms with Gasteiger partial charge in [0.1, 0.15) is 0 Å². The van der Waals surface area contributed by atoms with Gasteiger partial charge in [-0.3, -0.25) is 0 Å². The first kappa shape index (κ1) is 14.6. The number of halogens is 1. The van der Waals surface area contributed by atoms with E-state index in [9.17, 15) is 0 Å². The highest BCUT2D eigenvalue weighted by atomic mass is 19.1. The van der Waals surface area contributed by atoms with E-state index in [4.69, 9.17) is 9.47 Å². The summed E-state index contributed by atoms with van der Waals surface area (Å²) in [7, 11) is 2.07. The molecule has 0 saturated heterocycles. The molecule has 0 radical (unpaired) electrons. The summed E-state index contributed by atoms with van der Waals surface area (Å²) in [5.41, 5.74) is 3.47. The van der Waals surface area contributed by atoms with Crippen molar-refractivity contribution in [2.75, 3.05) is 31.8 Å². The zero-order chi connectivity index (χ0) is 17.0. The molecule has 0 bridgehead atoms. The van der Waals surface area contributed by atoms with E-state index in [2.05, 4.69) is 16.9 Å². The molecule has 0 amide bonds. The van der Waals surface area contributed by atoms with Crippen molar-refractivity contribution in [2.45, 2.75) is 6.54 Å². The van der Waals surface area contributed by atoms with Gasteiger partial charge in [0.2, 0.25) is 6.79 Å². The molecular weight excluding hydrogens is 321 g/mol. The first-order valence-electron chi connectivity index (χ1n) is 8.35. The third kappa shape index (κ3) is 2.25.